The first-order chi connectivity index (χ1) is 16.1. The molecule has 2 aliphatic rings. The molecule has 0 saturated carbocycles. The van der Waals surface area contributed by atoms with Gasteiger partial charge in [-0.3, -0.25) is 9.69 Å². The summed E-state index contributed by atoms with van der Waals surface area (Å²) < 4.78 is 19.7. The van der Waals surface area contributed by atoms with Crippen molar-refractivity contribution in [3.8, 4) is 0 Å². The Morgan fingerprint density at radius 2 is 1.97 bits per heavy atom. The number of piperazine rings is 1. The number of aryl methyl sites for hydroxylation is 1. The average Bonchev–Trinajstić information content (AvgIpc) is 3.49. The fraction of sp³-hybridized carbons (Fsp3) is 0.423. The van der Waals surface area contributed by atoms with E-state index in [-0.39, 0.29) is 17.8 Å². The number of fused-ring (bicyclic) bond motifs is 1. The summed E-state index contributed by atoms with van der Waals surface area (Å²) in [5.41, 5.74) is 3.43. The largest absolute Gasteiger partial charge is 0.459 e. The molecule has 174 valence electrons. The van der Waals surface area contributed by atoms with Crippen LogP contribution in [-0.2, 0) is 12.8 Å². The minimum atomic E-state index is -0.242. The maximum atomic E-state index is 14.4. The number of nitrogens with one attached hydrogen (secondary N) is 1. The number of anilines is 1. The second-order valence-electron chi connectivity index (χ2n) is 8.81. The van der Waals surface area contributed by atoms with Crippen molar-refractivity contribution in [1.82, 2.24) is 9.80 Å². The van der Waals surface area contributed by atoms with E-state index in [1.54, 1.807) is 35.6 Å². The first-order valence-corrected chi connectivity index (χ1v) is 12.7. The van der Waals surface area contributed by atoms with Gasteiger partial charge in [0.1, 0.15) is 10.8 Å². The molecule has 1 amide bonds. The van der Waals surface area contributed by atoms with E-state index in [1.165, 1.54) is 29.2 Å². The maximum absolute atomic E-state index is 14.4. The topological polar surface area (TPSA) is 48.7 Å². The van der Waals surface area contributed by atoms with Crippen LogP contribution in [-0.4, -0.2) is 48.4 Å². The molecule has 1 aliphatic heterocycles. The number of carbonyl (C=O) groups is 1. The van der Waals surface area contributed by atoms with Gasteiger partial charge in [-0.15, -0.1) is 11.3 Å². The van der Waals surface area contributed by atoms with Crippen molar-refractivity contribution in [2.75, 3.05) is 38.0 Å². The molecule has 2 aromatic heterocycles. The fourth-order valence-corrected chi connectivity index (χ4v) is 6.44. The minimum Gasteiger partial charge on any atom is -0.459 e. The van der Waals surface area contributed by atoms with Crippen LogP contribution in [0.3, 0.4) is 0 Å². The van der Waals surface area contributed by atoms with Crippen LogP contribution in [0.1, 0.15) is 57.9 Å². The molecule has 1 aliphatic carbocycles. The van der Waals surface area contributed by atoms with Gasteiger partial charge in [-0.1, -0.05) is 19.1 Å². The molecular weight excluding hydrogens is 437 g/mol. The Morgan fingerprint density at radius 1 is 1.15 bits per heavy atom. The highest BCUT2D eigenvalue weighted by Gasteiger charge is 2.34. The molecule has 0 bridgehead atoms. The molecule has 3 heterocycles. The van der Waals surface area contributed by atoms with E-state index >= 15 is 0 Å². The predicted molar refractivity (Wildman–Crippen MR) is 130 cm³/mol. The minimum absolute atomic E-state index is 0.0929. The van der Waals surface area contributed by atoms with E-state index in [0.717, 1.165) is 68.1 Å². The Labute approximate surface area is 198 Å². The molecule has 1 N–H and O–H groups in total. The number of amides is 1. The van der Waals surface area contributed by atoms with Gasteiger partial charge in [0.2, 0.25) is 0 Å². The SMILES string of the molecule is CCN1CCN(C(c2cccc(F)c2)c2c(NC(=O)c3ccco3)sc3c2CCCC3)CC1. The molecular formula is C26H30FN3O2S. The van der Waals surface area contributed by atoms with Crippen LogP contribution < -0.4 is 5.32 Å². The average molecular weight is 468 g/mol. The van der Waals surface area contributed by atoms with Gasteiger partial charge in [0.25, 0.3) is 5.91 Å². The maximum Gasteiger partial charge on any atom is 0.291 e. The lowest BCUT2D eigenvalue weighted by Gasteiger charge is -2.40. The number of thiophene rings is 1. The zero-order chi connectivity index (χ0) is 22.8. The van der Waals surface area contributed by atoms with Crippen LogP contribution in [0.4, 0.5) is 9.39 Å². The monoisotopic (exact) mass is 467 g/mol. The summed E-state index contributed by atoms with van der Waals surface area (Å²) in [6, 6.07) is 10.3. The van der Waals surface area contributed by atoms with Gasteiger partial charge in [-0.25, -0.2) is 4.39 Å². The number of nitrogens with zero attached hydrogens (tertiary/aromatic N) is 2. The van der Waals surface area contributed by atoms with E-state index in [0.29, 0.717) is 5.76 Å². The molecule has 1 aromatic carbocycles. The Bertz CT molecular complexity index is 1100. The zero-order valence-corrected chi connectivity index (χ0v) is 19.8. The van der Waals surface area contributed by atoms with Crippen molar-refractivity contribution in [2.45, 2.75) is 38.6 Å². The number of rotatable bonds is 6. The van der Waals surface area contributed by atoms with Crippen molar-refractivity contribution < 1.29 is 13.6 Å². The Morgan fingerprint density at radius 3 is 2.70 bits per heavy atom. The van der Waals surface area contributed by atoms with Crippen molar-refractivity contribution >= 4 is 22.2 Å². The van der Waals surface area contributed by atoms with Gasteiger partial charge < -0.3 is 14.6 Å². The Kier molecular flexibility index (Phi) is 6.62. The van der Waals surface area contributed by atoms with Crippen LogP contribution in [0.2, 0.25) is 0 Å². The van der Waals surface area contributed by atoms with Crippen LogP contribution in [0.25, 0.3) is 0 Å². The zero-order valence-electron chi connectivity index (χ0n) is 19.0. The molecule has 1 fully saturated rings. The van der Waals surface area contributed by atoms with Gasteiger partial charge >= 0.3 is 0 Å². The molecule has 5 rings (SSSR count). The number of likely N-dealkylation sites (N-methyl/N-ethyl adjacent to an activating group) is 1. The number of halogens is 1. The Balaban J connectivity index is 1.59. The third-order valence-electron chi connectivity index (χ3n) is 6.84. The second-order valence-corrected chi connectivity index (χ2v) is 9.92. The van der Waals surface area contributed by atoms with Gasteiger partial charge in [0.05, 0.1) is 12.3 Å². The number of hydrogen-bond acceptors (Lipinski definition) is 5. The lowest BCUT2D eigenvalue weighted by molar-refractivity contribution is 0.0995. The summed E-state index contributed by atoms with van der Waals surface area (Å²) in [6.45, 7) is 7.02. The smallest absolute Gasteiger partial charge is 0.291 e. The van der Waals surface area contributed by atoms with Crippen LogP contribution in [0.15, 0.2) is 47.1 Å². The predicted octanol–water partition coefficient (Wildman–Crippen LogP) is 5.34. The van der Waals surface area contributed by atoms with Crippen LogP contribution >= 0.6 is 11.3 Å². The van der Waals surface area contributed by atoms with Crippen LogP contribution in [0.5, 0.6) is 0 Å². The standard InChI is InChI=1S/C26H30FN3O2S/c1-2-29-12-14-30(15-13-29)24(18-7-5-8-19(27)17-18)23-20-9-3-4-11-22(20)33-26(23)28-25(31)21-10-6-16-32-21/h5-8,10,16-17,24H,2-4,9,11-15H2,1H3,(H,28,31). The number of carbonyl (C=O) groups excluding carboxylic acids is 1. The number of benzene rings is 1. The molecule has 7 heteroatoms. The molecule has 3 aromatic rings. The molecule has 1 saturated heterocycles. The van der Waals surface area contributed by atoms with Crippen molar-refractivity contribution in [1.29, 1.82) is 0 Å². The summed E-state index contributed by atoms with van der Waals surface area (Å²) in [5, 5.41) is 4.02. The summed E-state index contributed by atoms with van der Waals surface area (Å²) in [7, 11) is 0. The van der Waals surface area contributed by atoms with E-state index < -0.39 is 0 Å². The summed E-state index contributed by atoms with van der Waals surface area (Å²) in [6.07, 6.45) is 5.85. The third kappa shape index (κ3) is 4.63. The molecule has 0 radical (unpaired) electrons. The summed E-state index contributed by atoms with van der Waals surface area (Å²) in [4.78, 5) is 19.2. The van der Waals surface area contributed by atoms with Crippen molar-refractivity contribution in [3.63, 3.8) is 0 Å². The lowest BCUT2D eigenvalue weighted by Crippen LogP contribution is -2.47. The highest BCUT2D eigenvalue weighted by molar-refractivity contribution is 7.16. The van der Waals surface area contributed by atoms with Crippen LogP contribution in [0, 0.1) is 5.82 Å². The quantitative estimate of drug-likeness (QED) is 0.532. The number of furan rings is 1. The normalized spacial score (nSPS) is 18.1. The Hall–Kier alpha value is -2.48. The third-order valence-corrected chi connectivity index (χ3v) is 8.06. The lowest BCUT2D eigenvalue weighted by atomic mass is 9.88. The summed E-state index contributed by atoms with van der Waals surface area (Å²) >= 11 is 1.68. The fourth-order valence-electron chi connectivity index (χ4n) is 5.12. The van der Waals surface area contributed by atoms with E-state index in [1.807, 2.05) is 6.07 Å². The van der Waals surface area contributed by atoms with Gasteiger partial charge in [-0.2, -0.15) is 0 Å². The molecule has 0 spiro atoms. The highest BCUT2D eigenvalue weighted by Crippen LogP contribution is 2.45. The van der Waals surface area contributed by atoms with Crippen molar-refractivity contribution in [2.24, 2.45) is 0 Å². The summed E-state index contributed by atoms with van der Waals surface area (Å²) in [5.74, 6) is -0.171. The highest BCUT2D eigenvalue weighted by atomic mass is 32.1. The molecule has 1 unspecified atom stereocenters. The van der Waals surface area contributed by atoms with E-state index in [9.17, 15) is 9.18 Å². The first kappa shape index (κ1) is 22.3. The second kappa shape index (κ2) is 9.79. The number of hydrogen-bond donors (Lipinski definition) is 1. The van der Waals surface area contributed by atoms with E-state index in [2.05, 4.69) is 22.0 Å². The van der Waals surface area contributed by atoms with Crippen molar-refractivity contribution in [3.05, 3.63) is 75.8 Å². The first-order valence-electron chi connectivity index (χ1n) is 11.8. The van der Waals surface area contributed by atoms with Gasteiger partial charge in [0.15, 0.2) is 5.76 Å². The van der Waals surface area contributed by atoms with E-state index in [4.69, 9.17) is 4.42 Å². The molecule has 33 heavy (non-hydrogen) atoms. The molecule has 1 atom stereocenters. The van der Waals surface area contributed by atoms with Gasteiger partial charge in [-0.05, 0) is 67.6 Å². The van der Waals surface area contributed by atoms with Gasteiger partial charge in [0, 0.05) is 36.6 Å². The molecule has 5 nitrogen and oxygen atoms in total.